The van der Waals surface area contributed by atoms with Crippen LogP contribution in [0.4, 0.5) is 5.69 Å². The number of non-ortho nitro benzene ring substituents is 1. The zero-order chi connectivity index (χ0) is 23.6. The Hall–Kier alpha value is -4.01. The van der Waals surface area contributed by atoms with Gasteiger partial charge in [0, 0.05) is 23.4 Å². The summed E-state index contributed by atoms with van der Waals surface area (Å²) in [5, 5.41) is 18.0. The summed E-state index contributed by atoms with van der Waals surface area (Å²) < 4.78 is 1.43. The van der Waals surface area contributed by atoms with Crippen molar-refractivity contribution < 1.29 is 9.72 Å². The highest BCUT2D eigenvalue weighted by atomic mass is 16.6. The van der Waals surface area contributed by atoms with Crippen LogP contribution in [0.1, 0.15) is 54.9 Å². The lowest BCUT2D eigenvalue weighted by Crippen LogP contribution is -2.23. The Morgan fingerprint density at radius 1 is 1.16 bits per heavy atom. The van der Waals surface area contributed by atoms with E-state index in [-0.39, 0.29) is 22.2 Å². The van der Waals surface area contributed by atoms with Gasteiger partial charge in [-0.15, -0.1) is 0 Å². The number of nitrogens with zero attached hydrogens (tertiary/aromatic N) is 3. The molecule has 0 saturated heterocycles. The molecule has 9 nitrogen and oxygen atoms in total. The van der Waals surface area contributed by atoms with Crippen LogP contribution < -0.4 is 11.0 Å². The van der Waals surface area contributed by atoms with Gasteiger partial charge in [0.15, 0.2) is 0 Å². The molecule has 0 aliphatic heterocycles. The fourth-order valence-electron chi connectivity index (χ4n) is 3.28. The number of H-pyrrole nitrogens is 1. The van der Waals surface area contributed by atoms with Crippen molar-refractivity contribution in [1.82, 2.24) is 15.2 Å². The van der Waals surface area contributed by atoms with Crippen LogP contribution in [0.15, 0.2) is 58.4 Å². The zero-order valence-corrected chi connectivity index (χ0v) is 18.6. The lowest BCUT2D eigenvalue weighted by Gasteiger charge is -2.19. The molecule has 1 amide bonds. The average molecular weight is 435 g/mol. The first-order valence-electron chi connectivity index (χ1n) is 10.0. The Morgan fingerprint density at radius 2 is 1.81 bits per heavy atom. The van der Waals surface area contributed by atoms with Crippen molar-refractivity contribution in [2.24, 2.45) is 5.10 Å². The van der Waals surface area contributed by atoms with E-state index >= 15 is 0 Å². The molecule has 0 unspecified atom stereocenters. The molecular formula is C23H25N5O4. The largest absolute Gasteiger partial charge is 0.295 e. The molecule has 0 aliphatic carbocycles. The summed E-state index contributed by atoms with van der Waals surface area (Å²) in [7, 11) is 0. The molecule has 0 atom stereocenters. The Labute approximate surface area is 184 Å². The highest BCUT2D eigenvalue weighted by Crippen LogP contribution is 2.23. The summed E-state index contributed by atoms with van der Waals surface area (Å²) in [4.78, 5) is 35.7. The number of benzene rings is 2. The number of hydrazone groups is 1. The maximum absolute atomic E-state index is 13.0. The van der Waals surface area contributed by atoms with Gasteiger partial charge in [-0.3, -0.25) is 24.8 Å². The van der Waals surface area contributed by atoms with E-state index in [2.05, 4.69) is 36.4 Å². The van der Waals surface area contributed by atoms with Crippen molar-refractivity contribution in [3.63, 3.8) is 0 Å². The van der Waals surface area contributed by atoms with E-state index in [1.807, 2.05) is 24.3 Å². The van der Waals surface area contributed by atoms with Gasteiger partial charge in [-0.05, 0) is 43.0 Å². The third-order valence-electron chi connectivity index (χ3n) is 5.07. The highest BCUT2D eigenvalue weighted by molar-refractivity contribution is 6.01. The fourth-order valence-corrected chi connectivity index (χ4v) is 3.28. The summed E-state index contributed by atoms with van der Waals surface area (Å²) in [5.74, 6) is -0.612. The van der Waals surface area contributed by atoms with Crippen LogP contribution >= 0.6 is 0 Å². The molecule has 9 heteroatoms. The Balaban J connectivity index is 1.85. The van der Waals surface area contributed by atoms with Gasteiger partial charge in [0.05, 0.1) is 21.9 Å². The molecule has 0 aliphatic rings. The van der Waals surface area contributed by atoms with E-state index in [4.69, 9.17) is 0 Å². The second-order valence-corrected chi connectivity index (χ2v) is 8.49. The van der Waals surface area contributed by atoms with Gasteiger partial charge < -0.3 is 0 Å². The summed E-state index contributed by atoms with van der Waals surface area (Å²) in [6, 6.07) is 13.0. The fraction of sp³-hybridized carbons (Fsp3) is 0.261. The Bertz CT molecular complexity index is 1260. The molecule has 2 aromatic carbocycles. The predicted octanol–water partition coefficient (Wildman–Crippen LogP) is 3.83. The Morgan fingerprint density at radius 3 is 2.41 bits per heavy atom. The van der Waals surface area contributed by atoms with Gasteiger partial charge in [0.25, 0.3) is 17.2 Å². The molecule has 0 spiro atoms. The van der Waals surface area contributed by atoms with Gasteiger partial charge in [-0.1, -0.05) is 39.0 Å². The number of amides is 1. The van der Waals surface area contributed by atoms with E-state index in [1.165, 1.54) is 22.9 Å². The van der Waals surface area contributed by atoms with Crippen molar-refractivity contribution in [3.05, 3.63) is 91.4 Å². The summed E-state index contributed by atoms with van der Waals surface area (Å²) in [6.07, 6.45) is 0. The van der Waals surface area contributed by atoms with Crippen LogP contribution in [0.2, 0.25) is 0 Å². The van der Waals surface area contributed by atoms with Crippen LogP contribution in [0.25, 0.3) is 5.69 Å². The molecule has 3 aromatic rings. The molecule has 0 radical (unpaired) electrons. The third-order valence-corrected chi connectivity index (χ3v) is 5.07. The molecule has 2 N–H and O–H groups in total. The van der Waals surface area contributed by atoms with E-state index < -0.39 is 10.8 Å². The minimum atomic E-state index is -0.612. The number of nitro benzene ring substituents is 1. The summed E-state index contributed by atoms with van der Waals surface area (Å²) >= 11 is 0. The monoisotopic (exact) mass is 435 g/mol. The van der Waals surface area contributed by atoms with Crippen LogP contribution in [0.5, 0.6) is 0 Å². The van der Waals surface area contributed by atoms with Gasteiger partial charge >= 0.3 is 0 Å². The average Bonchev–Trinajstić information content (AvgIpc) is 3.05. The number of carbonyl (C=O) groups is 1. The number of carbonyl (C=O) groups excluding carboxylic acids is 1. The van der Waals surface area contributed by atoms with Crippen molar-refractivity contribution in [3.8, 4) is 5.69 Å². The van der Waals surface area contributed by atoms with Crippen molar-refractivity contribution >= 4 is 17.3 Å². The van der Waals surface area contributed by atoms with E-state index in [1.54, 1.807) is 13.8 Å². The first-order valence-corrected chi connectivity index (χ1v) is 10.0. The quantitative estimate of drug-likeness (QED) is 0.359. The van der Waals surface area contributed by atoms with Crippen LogP contribution in [0.3, 0.4) is 0 Å². The minimum absolute atomic E-state index is 0.000932. The van der Waals surface area contributed by atoms with Gasteiger partial charge in [-0.2, -0.15) is 5.10 Å². The van der Waals surface area contributed by atoms with Crippen LogP contribution in [-0.4, -0.2) is 26.3 Å². The smallest absolute Gasteiger partial charge is 0.280 e. The van der Waals surface area contributed by atoms with Crippen LogP contribution in [0, 0.1) is 17.0 Å². The first-order chi connectivity index (χ1) is 15.0. The molecule has 0 fully saturated rings. The molecule has 1 aromatic heterocycles. The van der Waals surface area contributed by atoms with E-state index in [0.717, 1.165) is 11.6 Å². The SMILES string of the molecule is CC(=NNC(=O)c1cccc([N+](=O)[O-])c1)c1c(C)[nH]n(-c2ccc(C(C)(C)C)cc2)c1=O. The number of aromatic amines is 1. The van der Waals surface area contributed by atoms with Crippen LogP contribution in [-0.2, 0) is 5.41 Å². The topological polar surface area (TPSA) is 122 Å². The molecule has 3 rings (SSSR count). The molecule has 0 bridgehead atoms. The first kappa shape index (κ1) is 22.7. The normalized spacial score (nSPS) is 12.0. The molecule has 0 saturated carbocycles. The number of aromatic nitrogens is 2. The number of nitrogens with one attached hydrogen (secondary N) is 2. The number of rotatable bonds is 5. The zero-order valence-electron chi connectivity index (χ0n) is 18.6. The van der Waals surface area contributed by atoms with Gasteiger partial charge in [0.2, 0.25) is 0 Å². The second-order valence-electron chi connectivity index (χ2n) is 8.49. The van der Waals surface area contributed by atoms with Crippen molar-refractivity contribution in [2.45, 2.75) is 40.0 Å². The third kappa shape index (κ3) is 4.66. The molecule has 166 valence electrons. The maximum atomic E-state index is 13.0. The molecule has 32 heavy (non-hydrogen) atoms. The Kier molecular flexibility index (Phi) is 6.11. The van der Waals surface area contributed by atoms with E-state index in [0.29, 0.717) is 22.7 Å². The lowest BCUT2D eigenvalue weighted by atomic mass is 9.87. The standard InChI is InChI=1S/C23H25N5O4/c1-14(24-25-21(29)16-7-6-8-19(13-16)28(31)32)20-15(2)26-27(22(20)30)18-11-9-17(10-12-18)23(3,4)5/h6-13,26H,1-5H3,(H,25,29). The summed E-state index contributed by atoms with van der Waals surface area (Å²) in [6.45, 7) is 9.71. The maximum Gasteiger partial charge on any atom is 0.280 e. The lowest BCUT2D eigenvalue weighted by molar-refractivity contribution is -0.384. The minimum Gasteiger partial charge on any atom is -0.295 e. The van der Waals surface area contributed by atoms with Gasteiger partial charge in [0.1, 0.15) is 0 Å². The number of nitro groups is 1. The molecular weight excluding hydrogens is 410 g/mol. The number of aryl methyl sites for hydroxylation is 1. The highest BCUT2D eigenvalue weighted by Gasteiger charge is 2.18. The van der Waals surface area contributed by atoms with E-state index in [9.17, 15) is 19.7 Å². The number of hydrogen-bond acceptors (Lipinski definition) is 5. The van der Waals surface area contributed by atoms with Crippen molar-refractivity contribution in [1.29, 1.82) is 0 Å². The number of hydrogen-bond donors (Lipinski definition) is 2. The van der Waals surface area contributed by atoms with Crippen molar-refractivity contribution in [2.75, 3.05) is 0 Å². The van der Waals surface area contributed by atoms with Gasteiger partial charge in [-0.25, -0.2) is 10.1 Å². The predicted molar refractivity (Wildman–Crippen MR) is 123 cm³/mol. The molecule has 1 heterocycles. The summed E-state index contributed by atoms with van der Waals surface area (Å²) in [5.41, 5.74) is 5.05. The second kappa shape index (κ2) is 8.62.